The van der Waals surface area contributed by atoms with Crippen molar-refractivity contribution in [2.75, 3.05) is 14.2 Å². The van der Waals surface area contributed by atoms with E-state index in [2.05, 4.69) is 20.9 Å². The quantitative estimate of drug-likeness (QED) is 0.555. The van der Waals surface area contributed by atoms with Crippen LogP contribution in [0.2, 0.25) is 5.02 Å². The van der Waals surface area contributed by atoms with Gasteiger partial charge in [0.25, 0.3) is 0 Å². The molecule has 1 heterocycles. The van der Waals surface area contributed by atoms with Crippen LogP contribution < -0.4 is 0 Å². The van der Waals surface area contributed by atoms with Gasteiger partial charge in [-0.15, -0.1) is 0 Å². The molecule has 0 saturated heterocycles. The molecule has 0 amide bonds. The lowest BCUT2D eigenvalue weighted by Crippen LogP contribution is -2.00. The molecule has 0 bridgehead atoms. The summed E-state index contributed by atoms with van der Waals surface area (Å²) in [5.41, 5.74) is 2.48. The first-order chi connectivity index (χ1) is 9.51. The van der Waals surface area contributed by atoms with Crippen LogP contribution in [0.1, 0.15) is 11.3 Å². The fraction of sp³-hybridized carbons (Fsp3) is 0.308. The second-order valence-corrected chi connectivity index (χ2v) is 7.46. The standard InChI is InChI=1S/C13H14BrClNO3P/c1-18-20(17,19-2)8-10-5-9-6-11(15)3-4-12(9)16-13(10)7-14/h3-6H,7-8H2,1-2H3. The topological polar surface area (TPSA) is 48.4 Å². The van der Waals surface area contributed by atoms with E-state index in [4.69, 9.17) is 20.6 Å². The van der Waals surface area contributed by atoms with Gasteiger partial charge in [-0.2, -0.15) is 0 Å². The minimum Gasteiger partial charge on any atom is -0.312 e. The summed E-state index contributed by atoms with van der Waals surface area (Å²) in [5.74, 6) is 0. The van der Waals surface area contributed by atoms with Gasteiger partial charge in [-0.25, -0.2) is 0 Å². The Labute approximate surface area is 131 Å². The average molecular weight is 379 g/mol. The van der Waals surface area contributed by atoms with Gasteiger partial charge in [-0.3, -0.25) is 9.55 Å². The predicted molar refractivity (Wildman–Crippen MR) is 84.7 cm³/mol. The monoisotopic (exact) mass is 377 g/mol. The summed E-state index contributed by atoms with van der Waals surface area (Å²) in [6, 6.07) is 7.41. The first-order valence-corrected chi connectivity index (χ1v) is 9.08. The summed E-state index contributed by atoms with van der Waals surface area (Å²) >= 11 is 9.39. The molecule has 0 radical (unpaired) electrons. The average Bonchev–Trinajstić information content (AvgIpc) is 2.46. The summed E-state index contributed by atoms with van der Waals surface area (Å²) in [4.78, 5) is 4.55. The van der Waals surface area contributed by atoms with Crippen LogP contribution in [0.3, 0.4) is 0 Å². The van der Waals surface area contributed by atoms with E-state index in [1.807, 2.05) is 18.2 Å². The first-order valence-electron chi connectivity index (χ1n) is 5.86. The lowest BCUT2D eigenvalue weighted by Gasteiger charge is -2.15. The minimum atomic E-state index is -3.13. The molecule has 0 N–H and O–H groups in total. The largest absolute Gasteiger partial charge is 0.334 e. The van der Waals surface area contributed by atoms with Gasteiger partial charge in [-0.1, -0.05) is 27.5 Å². The van der Waals surface area contributed by atoms with Crippen LogP contribution in [0, 0.1) is 0 Å². The van der Waals surface area contributed by atoms with E-state index in [1.165, 1.54) is 14.2 Å². The van der Waals surface area contributed by atoms with E-state index in [1.54, 1.807) is 6.07 Å². The van der Waals surface area contributed by atoms with Gasteiger partial charge in [0.15, 0.2) is 0 Å². The molecule has 108 valence electrons. The third-order valence-electron chi connectivity index (χ3n) is 2.99. The Morgan fingerprint density at radius 1 is 1.30 bits per heavy atom. The van der Waals surface area contributed by atoms with Crippen molar-refractivity contribution in [3.63, 3.8) is 0 Å². The molecule has 0 aliphatic heterocycles. The van der Waals surface area contributed by atoms with E-state index in [0.29, 0.717) is 10.4 Å². The van der Waals surface area contributed by atoms with Crippen molar-refractivity contribution in [1.82, 2.24) is 4.98 Å². The maximum Gasteiger partial charge on any atom is 0.334 e. The number of benzene rings is 1. The van der Waals surface area contributed by atoms with Gasteiger partial charge < -0.3 is 9.05 Å². The molecule has 20 heavy (non-hydrogen) atoms. The number of hydrogen-bond acceptors (Lipinski definition) is 4. The highest BCUT2D eigenvalue weighted by Crippen LogP contribution is 2.50. The number of pyridine rings is 1. The lowest BCUT2D eigenvalue weighted by molar-refractivity contribution is 0.274. The molecule has 2 aromatic rings. The van der Waals surface area contributed by atoms with E-state index in [-0.39, 0.29) is 6.16 Å². The SMILES string of the molecule is COP(=O)(Cc1cc2cc(Cl)ccc2nc1CBr)OC. The van der Waals surface area contributed by atoms with Crippen LogP contribution in [0.5, 0.6) is 0 Å². The van der Waals surface area contributed by atoms with Crippen LogP contribution in [0.4, 0.5) is 0 Å². The number of nitrogens with zero attached hydrogens (tertiary/aromatic N) is 1. The second-order valence-electron chi connectivity index (χ2n) is 4.20. The molecule has 0 atom stereocenters. The molecule has 7 heteroatoms. The Balaban J connectivity index is 2.53. The molecule has 1 aromatic carbocycles. The Hall–Kier alpha value is -0.450. The molecule has 4 nitrogen and oxygen atoms in total. The summed E-state index contributed by atoms with van der Waals surface area (Å²) in [6.07, 6.45) is 0.177. The van der Waals surface area contributed by atoms with Crippen LogP contribution in [-0.4, -0.2) is 19.2 Å². The molecule has 0 aliphatic carbocycles. The van der Waals surface area contributed by atoms with Crippen molar-refractivity contribution in [2.45, 2.75) is 11.5 Å². The Bertz CT molecular complexity index is 672. The Morgan fingerprint density at radius 2 is 2.00 bits per heavy atom. The third kappa shape index (κ3) is 3.41. The number of alkyl halides is 1. The first kappa shape index (κ1) is 15.9. The lowest BCUT2D eigenvalue weighted by atomic mass is 10.1. The zero-order chi connectivity index (χ0) is 14.8. The second kappa shape index (κ2) is 6.54. The molecule has 0 aliphatic rings. The maximum absolute atomic E-state index is 12.3. The van der Waals surface area contributed by atoms with Crippen molar-refractivity contribution in [3.8, 4) is 0 Å². The summed E-state index contributed by atoms with van der Waals surface area (Å²) in [5, 5.41) is 2.10. The molecular formula is C13H14BrClNO3P. The van der Waals surface area contributed by atoms with Crippen LogP contribution in [0.15, 0.2) is 24.3 Å². The zero-order valence-electron chi connectivity index (χ0n) is 11.1. The minimum absolute atomic E-state index is 0.177. The number of aromatic nitrogens is 1. The van der Waals surface area contributed by atoms with E-state index in [0.717, 1.165) is 22.2 Å². The van der Waals surface area contributed by atoms with Crippen molar-refractivity contribution in [1.29, 1.82) is 0 Å². The van der Waals surface area contributed by atoms with E-state index in [9.17, 15) is 4.57 Å². The summed E-state index contributed by atoms with van der Waals surface area (Å²) in [6.45, 7) is 0. The van der Waals surface area contributed by atoms with Crippen molar-refractivity contribution < 1.29 is 13.6 Å². The maximum atomic E-state index is 12.3. The molecule has 0 fully saturated rings. The number of rotatable bonds is 5. The zero-order valence-corrected chi connectivity index (χ0v) is 14.3. The molecule has 1 aromatic heterocycles. The van der Waals surface area contributed by atoms with Crippen LogP contribution in [0.25, 0.3) is 10.9 Å². The molecule has 2 rings (SSSR count). The summed E-state index contributed by atoms with van der Waals surface area (Å²) < 4.78 is 22.3. The Kier molecular flexibility index (Phi) is 5.21. The summed E-state index contributed by atoms with van der Waals surface area (Å²) in [7, 11) is -0.370. The van der Waals surface area contributed by atoms with Gasteiger partial charge in [-0.05, 0) is 29.8 Å². The van der Waals surface area contributed by atoms with Gasteiger partial charge in [0.05, 0.1) is 17.4 Å². The fourth-order valence-electron chi connectivity index (χ4n) is 1.90. The highest BCUT2D eigenvalue weighted by Gasteiger charge is 2.24. The van der Waals surface area contributed by atoms with Gasteiger partial charge >= 0.3 is 7.60 Å². The molecule has 0 unspecified atom stereocenters. The number of hydrogen-bond donors (Lipinski definition) is 0. The van der Waals surface area contributed by atoms with E-state index >= 15 is 0 Å². The fourth-order valence-corrected chi connectivity index (χ4v) is 3.66. The van der Waals surface area contributed by atoms with Crippen molar-refractivity contribution in [2.24, 2.45) is 0 Å². The number of fused-ring (bicyclic) bond motifs is 1. The predicted octanol–water partition coefficient (Wildman–Crippen LogP) is 4.77. The molecule has 0 saturated carbocycles. The van der Waals surface area contributed by atoms with Crippen LogP contribution in [-0.2, 0) is 25.1 Å². The third-order valence-corrected chi connectivity index (χ3v) is 5.60. The molecular weight excluding hydrogens is 364 g/mol. The van der Waals surface area contributed by atoms with Gasteiger partial charge in [0.2, 0.25) is 0 Å². The van der Waals surface area contributed by atoms with E-state index < -0.39 is 7.60 Å². The van der Waals surface area contributed by atoms with Crippen molar-refractivity contribution >= 4 is 46.0 Å². The number of halogens is 2. The van der Waals surface area contributed by atoms with Crippen LogP contribution >= 0.6 is 35.1 Å². The van der Waals surface area contributed by atoms with Gasteiger partial charge in [0, 0.05) is 30.0 Å². The normalized spacial score (nSPS) is 12.0. The highest BCUT2D eigenvalue weighted by molar-refractivity contribution is 9.08. The Morgan fingerprint density at radius 3 is 2.60 bits per heavy atom. The molecule has 0 spiro atoms. The van der Waals surface area contributed by atoms with Gasteiger partial charge in [0.1, 0.15) is 0 Å². The highest BCUT2D eigenvalue weighted by atomic mass is 79.9. The smallest absolute Gasteiger partial charge is 0.312 e. The van der Waals surface area contributed by atoms with Crippen molar-refractivity contribution in [3.05, 3.63) is 40.5 Å².